The van der Waals surface area contributed by atoms with Crippen molar-refractivity contribution in [2.45, 2.75) is 63.7 Å². The van der Waals surface area contributed by atoms with Crippen molar-refractivity contribution in [2.24, 2.45) is 5.14 Å². The predicted octanol–water partition coefficient (Wildman–Crippen LogP) is 3.77. The second-order valence-corrected chi connectivity index (χ2v) is 7.00. The van der Waals surface area contributed by atoms with Gasteiger partial charge in [-0.1, -0.05) is 45.4 Å². The van der Waals surface area contributed by atoms with E-state index in [1.165, 1.54) is 44.6 Å². The average Bonchev–Trinajstić information content (AvgIpc) is 2.42. The summed E-state index contributed by atoms with van der Waals surface area (Å²) < 4.78 is 28.2. The third kappa shape index (κ3) is 6.96. The molecule has 4 nitrogen and oxygen atoms in total. The molecular formula is C16H27NO3S. The van der Waals surface area contributed by atoms with E-state index in [0.29, 0.717) is 6.61 Å². The van der Waals surface area contributed by atoms with Crippen molar-refractivity contribution in [2.75, 3.05) is 6.61 Å². The van der Waals surface area contributed by atoms with Crippen LogP contribution in [0.1, 0.15) is 57.4 Å². The van der Waals surface area contributed by atoms with Crippen molar-refractivity contribution in [3.63, 3.8) is 0 Å². The maximum Gasteiger partial charge on any atom is 0.238 e. The number of ether oxygens (including phenoxy) is 1. The third-order valence-corrected chi connectivity index (χ3v) is 4.39. The van der Waals surface area contributed by atoms with Crippen molar-refractivity contribution < 1.29 is 13.2 Å². The molecule has 0 bridgehead atoms. The Labute approximate surface area is 128 Å². The minimum Gasteiger partial charge on any atom is -0.493 e. The lowest BCUT2D eigenvalue weighted by Crippen LogP contribution is -2.12. The zero-order valence-corrected chi connectivity index (χ0v) is 13.9. The highest BCUT2D eigenvalue weighted by molar-refractivity contribution is 7.89. The van der Waals surface area contributed by atoms with Crippen molar-refractivity contribution in [3.05, 3.63) is 23.8 Å². The average molecular weight is 313 g/mol. The second-order valence-electron chi connectivity index (χ2n) is 5.44. The Morgan fingerprint density at radius 2 is 1.67 bits per heavy atom. The molecule has 0 heterocycles. The van der Waals surface area contributed by atoms with Crippen molar-refractivity contribution in [1.29, 1.82) is 0 Å². The first kappa shape index (κ1) is 18.0. The van der Waals surface area contributed by atoms with Gasteiger partial charge in [0.25, 0.3) is 0 Å². The lowest BCUT2D eigenvalue weighted by molar-refractivity contribution is 0.302. The zero-order chi connectivity index (χ0) is 15.7. The summed E-state index contributed by atoms with van der Waals surface area (Å²) >= 11 is 0. The van der Waals surface area contributed by atoms with Crippen LogP contribution in [0.5, 0.6) is 5.75 Å². The van der Waals surface area contributed by atoms with Gasteiger partial charge in [0.2, 0.25) is 10.0 Å². The molecule has 2 N–H and O–H groups in total. The van der Waals surface area contributed by atoms with Gasteiger partial charge in [-0.25, -0.2) is 13.6 Å². The van der Waals surface area contributed by atoms with Gasteiger partial charge in [-0.15, -0.1) is 0 Å². The fourth-order valence-corrected chi connectivity index (χ4v) is 2.80. The number of rotatable bonds is 10. The largest absolute Gasteiger partial charge is 0.493 e. The molecule has 0 saturated carbocycles. The molecular weight excluding hydrogens is 286 g/mol. The molecule has 0 spiro atoms. The Bertz CT molecular complexity index is 526. The first-order chi connectivity index (χ1) is 9.95. The van der Waals surface area contributed by atoms with Gasteiger partial charge in [0.05, 0.1) is 11.5 Å². The van der Waals surface area contributed by atoms with Gasteiger partial charge in [0.15, 0.2) is 0 Å². The number of unbranched alkanes of at least 4 members (excludes halogenated alkanes) is 6. The molecule has 0 radical (unpaired) electrons. The van der Waals surface area contributed by atoms with E-state index in [1.54, 1.807) is 12.1 Å². The van der Waals surface area contributed by atoms with Crippen molar-refractivity contribution in [3.8, 4) is 5.75 Å². The van der Waals surface area contributed by atoms with Crippen LogP contribution >= 0.6 is 0 Å². The number of sulfonamides is 1. The minimum absolute atomic E-state index is 0.128. The third-order valence-electron chi connectivity index (χ3n) is 3.48. The lowest BCUT2D eigenvalue weighted by atomic mass is 10.1. The number of primary sulfonamides is 1. The van der Waals surface area contributed by atoms with E-state index in [1.807, 2.05) is 6.92 Å². The molecule has 21 heavy (non-hydrogen) atoms. The number of nitrogens with two attached hydrogens (primary N) is 1. The molecule has 1 aromatic carbocycles. The van der Waals surface area contributed by atoms with Gasteiger partial charge in [-0.05, 0) is 37.1 Å². The Hall–Kier alpha value is -1.07. The zero-order valence-electron chi connectivity index (χ0n) is 13.1. The molecule has 0 atom stereocenters. The summed E-state index contributed by atoms with van der Waals surface area (Å²) in [6.45, 7) is 4.72. The van der Waals surface area contributed by atoms with Crippen molar-refractivity contribution >= 4 is 10.0 Å². The Morgan fingerprint density at radius 1 is 1.05 bits per heavy atom. The SMILES string of the molecule is CCCCCCCCCOc1ccc(S(N)(=O)=O)cc1C. The van der Waals surface area contributed by atoms with Gasteiger partial charge < -0.3 is 4.74 Å². The highest BCUT2D eigenvalue weighted by Gasteiger charge is 2.09. The van der Waals surface area contributed by atoms with Crippen LogP contribution in [-0.2, 0) is 10.0 Å². The number of aryl methyl sites for hydroxylation is 1. The normalized spacial score (nSPS) is 11.6. The van der Waals surface area contributed by atoms with E-state index >= 15 is 0 Å². The molecule has 5 heteroatoms. The van der Waals surface area contributed by atoms with Crippen LogP contribution in [0.4, 0.5) is 0 Å². The van der Waals surface area contributed by atoms with E-state index in [-0.39, 0.29) is 4.90 Å². The van der Waals surface area contributed by atoms with E-state index in [9.17, 15) is 8.42 Å². The van der Waals surface area contributed by atoms with Crippen LogP contribution < -0.4 is 9.88 Å². The van der Waals surface area contributed by atoms with Gasteiger partial charge in [-0.3, -0.25) is 0 Å². The monoisotopic (exact) mass is 313 g/mol. The summed E-state index contributed by atoms with van der Waals surface area (Å²) in [7, 11) is -3.64. The Balaban J connectivity index is 2.30. The summed E-state index contributed by atoms with van der Waals surface area (Å²) in [6.07, 6.45) is 8.69. The molecule has 0 unspecified atom stereocenters. The fourth-order valence-electron chi connectivity index (χ4n) is 2.20. The molecule has 0 amide bonds. The maximum atomic E-state index is 11.2. The van der Waals surface area contributed by atoms with E-state index in [4.69, 9.17) is 9.88 Å². The molecule has 0 saturated heterocycles. The Morgan fingerprint density at radius 3 is 2.24 bits per heavy atom. The molecule has 0 aliphatic heterocycles. The van der Waals surface area contributed by atoms with Gasteiger partial charge in [-0.2, -0.15) is 0 Å². The first-order valence-electron chi connectivity index (χ1n) is 7.71. The maximum absolute atomic E-state index is 11.2. The van der Waals surface area contributed by atoms with Crippen LogP contribution in [0, 0.1) is 6.92 Å². The number of hydrogen-bond acceptors (Lipinski definition) is 3. The van der Waals surface area contributed by atoms with Crippen LogP contribution in [0.25, 0.3) is 0 Å². The molecule has 0 aliphatic carbocycles. The van der Waals surface area contributed by atoms with E-state index in [0.717, 1.165) is 17.7 Å². The summed E-state index contributed by atoms with van der Waals surface area (Å²) in [5.41, 5.74) is 0.796. The summed E-state index contributed by atoms with van der Waals surface area (Å²) in [5, 5.41) is 5.10. The van der Waals surface area contributed by atoms with Crippen LogP contribution in [-0.4, -0.2) is 15.0 Å². The molecule has 0 fully saturated rings. The fraction of sp³-hybridized carbons (Fsp3) is 0.625. The molecule has 0 aromatic heterocycles. The highest BCUT2D eigenvalue weighted by Crippen LogP contribution is 2.21. The molecule has 0 aliphatic rings. The van der Waals surface area contributed by atoms with Crippen LogP contribution in [0.2, 0.25) is 0 Å². The molecule has 120 valence electrons. The molecule has 1 aromatic rings. The highest BCUT2D eigenvalue weighted by atomic mass is 32.2. The summed E-state index contributed by atoms with van der Waals surface area (Å²) in [6, 6.07) is 4.72. The summed E-state index contributed by atoms with van der Waals surface area (Å²) in [5.74, 6) is 0.730. The molecule has 1 rings (SSSR count). The van der Waals surface area contributed by atoms with E-state index in [2.05, 4.69) is 6.92 Å². The number of hydrogen-bond donors (Lipinski definition) is 1. The van der Waals surface area contributed by atoms with Crippen LogP contribution in [0.15, 0.2) is 23.1 Å². The first-order valence-corrected chi connectivity index (χ1v) is 9.26. The smallest absolute Gasteiger partial charge is 0.238 e. The predicted molar refractivity (Wildman–Crippen MR) is 86.0 cm³/mol. The van der Waals surface area contributed by atoms with Gasteiger partial charge >= 0.3 is 0 Å². The minimum atomic E-state index is -3.64. The van der Waals surface area contributed by atoms with Crippen LogP contribution in [0.3, 0.4) is 0 Å². The second kappa shape index (κ2) is 9.05. The van der Waals surface area contributed by atoms with E-state index < -0.39 is 10.0 Å². The summed E-state index contributed by atoms with van der Waals surface area (Å²) in [4.78, 5) is 0.128. The number of benzene rings is 1. The quantitative estimate of drug-likeness (QED) is 0.668. The lowest BCUT2D eigenvalue weighted by Gasteiger charge is -2.10. The topological polar surface area (TPSA) is 69.4 Å². The standard InChI is InChI=1S/C16H27NO3S/c1-3-4-5-6-7-8-9-12-20-16-11-10-15(13-14(16)2)21(17,18)19/h10-11,13H,3-9,12H2,1-2H3,(H2,17,18,19). The Kier molecular flexibility index (Phi) is 7.75. The van der Waals surface area contributed by atoms with Crippen molar-refractivity contribution in [1.82, 2.24) is 0 Å². The van der Waals surface area contributed by atoms with Gasteiger partial charge in [0.1, 0.15) is 5.75 Å². The van der Waals surface area contributed by atoms with Gasteiger partial charge in [0, 0.05) is 0 Å².